The zero-order valence-electron chi connectivity index (χ0n) is 4.46. The molecule has 0 bridgehead atoms. The first-order chi connectivity index (χ1) is 4.47. The summed E-state index contributed by atoms with van der Waals surface area (Å²) in [6.45, 7) is 0. The first-order valence-electron chi connectivity index (χ1n) is 2.47. The van der Waals surface area contributed by atoms with Crippen molar-refractivity contribution in [2.45, 2.75) is 0 Å². The fraction of sp³-hybridized carbons (Fsp3) is 0. The molecule has 0 aliphatic carbocycles. The Labute approximate surface area is 56.5 Å². The van der Waals surface area contributed by atoms with Crippen molar-refractivity contribution in [1.29, 1.82) is 0 Å². The number of benzene rings is 1. The Morgan fingerprint density at radius 1 is 1.44 bits per heavy atom. The van der Waals surface area contributed by atoms with Crippen LogP contribution in [0, 0.1) is 12.1 Å². The molecule has 0 unspecified atom stereocenters. The molecule has 2 aromatic rings. The second-order valence-corrected chi connectivity index (χ2v) is 2.13. The summed E-state index contributed by atoms with van der Waals surface area (Å²) < 4.78 is 7.96. The third-order valence-electron chi connectivity index (χ3n) is 1.03. The molecule has 2 rings (SSSR count). The minimum Gasteiger partial charge on any atom is -0.173 e. The molecule has 1 aromatic carbocycles. The van der Waals surface area contributed by atoms with E-state index in [4.69, 9.17) is 0 Å². The second kappa shape index (κ2) is 1.77. The van der Waals surface area contributed by atoms with Gasteiger partial charge in [0.25, 0.3) is 0 Å². The summed E-state index contributed by atoms with van der Waals surface area (Å²) in [6, 6.07) is 9.30. The van der Waals surface area contributed by atoms with Crippen LogP contribution in [0.4, 0.5) is 0 Å². The van der Waals surface area contributed by atoms with Gasteiger partial charge < -0.3 is 0 Å². The Balaban J connectivity index is 2.95. The standard InChI is InChI=1S/C6H2N2S/c1-2-4-6-5(3-1)7-9-8-6/h1,3H. The molecule has 0 saturated carbocycles. The molecule has 9 heavy (non-hydrogen) atoms. The van der Waals surface area contributed by atoms with Crippen LogP contribution in [0.15, 0.2) is 12.1 Å². The van der Waals surface area contributed by atoms with Crippen LogP contribution in [0.25, 0.3) is 11.0 Å². The summed E-state index contributed by atoms with van der Waals surface area (Å²) in [6.07, 6.45) is 0. The molecule has 1 aromatic heterocycles. The maximum Gasteiger partial charge on any atom is 0.113 e. The Hall–Kier alpha value is -0.960. The predicted molar refractivity (Wildman–Crippen MR) is 35.1 cm³/mol. The first kappa shape index (κ1) is 4.88. The van der Waals surface area contributed by atoms with Crippen molar-refractivity contribution in [3.05, 3.63) is 24.3 Å². The van der Waals surface area contributed by atoms with Crippen LogP contribution in [0.5, 0.6) is 0 Å². The van der Waals surface area contributed by atoms with E-state index in [1.807, 2.05) is 6.07 Å². The maximum atomic E-state index is 4.00. The summed E-state index contributed by atoms with van der Waals surface area (Å²) in [7, 11) is 0. The summed E-state index contributed by atoms with van der Waals surface area (Å²) in [4.78, 5) is 0. The van der Waals surface area contributed by atoms with E-state index in [1.165, 1.54) is 11.7 Å². The quantitative estimate of drug-likeness (QED) is 0.542. The molecule has 0 aliphatic rings. The van der Waals surface area contributed by atoms with Crippen molar-refractivity contribution < 1.29 is 0 Å². The topological polar surface area (TPSA) is 25.8 Å². The van der Waals surface area contributed by atoms with Gasteiger partial charge in [-0.25, -0.2) is 0 Å². The van der Waals surface area contributed by atoms with E-state index in [1.54, 1.807) is 6.07 Å². The van der Waals surface area contributed by atoms with Crippen LogP contribution >= 0.6 is 11.7 Å². The number of nitrogens with zero attached hydrogens (tertiary/aromatic N) is 2. The van der Waals surface area contributed by atoms with E-state index in [0.717, 1.165) is 11.0 Å². The van der Waals surface area contributed by atoms with Gasteiger partial charge in [0.1, 0.15) is 11.0 Å². The molecule has 2 nitrogen and oxygen atoms in total. The average Bonchev–Trinajstić information content (AvgIpc) is 2.33. The lowest BCUT2D eigenvalue weighted by Gasteiger charge is -1.77. The van der Waals surface area contributed by atoms with Gasteiger partial charge in [-0.15, -0.1) is 0 Å². The third-order valence-corrected chi connectivity index (χ3v) is 1.57. The van der Waals surface area contributed by atoms with Crippen molar-refractivity contribution >= 4 is 22.8 Å². The molecule has 0 N–H and O–H groups in total. The molecule has 0 spiro atoms. The number of rotatable bonds is 0. The predicted octanol–water partition coefficient (Wildman–Crippen LogP) is 1.29. The summed E-state index contributed by atoms with van der Waals surface area (Å²) in [5, 5.41) is 0. The lowest BCUT2D eigenvalue weighted by Crippen LogP contribution is -1.65. The van der Waals surface area contributed by atoms with Crippen LogP contribution in [-0.4, -0.2) is 8.75 Å². The van der Waals surface area contributed by atoms with Crippen LogP contribution in [0.1, 0.15) is 0 Å². The van der Waals surface area contributed by atoms with Crippen LogP contribution in [-0.2, 0) is 0 Å². The lowest BCUT2D eigenvalue weighted by atomic mass is 10.3. The van der Waals surface area contributed by atoms with Gasteiger partial charge in [-0.3, -0.25) is 0 Å². The van der Waals surface area contributed by atoms with E-state index < -0.39 is 0 Å². The molecule has 0 atom stereocenters. The normalized spacial score (nSPS) is 10.2. The minimum atomic E-state index is 0.808. The van der Waals surface area contributed by atoms with E-state index in [9.17, 15) is 0 Å². The average molecular weight is 134 g/mol. The highest BCUT2D eigenvalue weighted by molar-refractivity contribution is 7.00. The van der Waals surface area contributed by atoms with Crippen molar-refractivity contribution in [3.8, 4) is 0 Å². The van der Waals surface area contributed by atoms with E-state index in [-0.39, 0.29) is 0 Å². The highest BCUT2D eigenvalue weighted by Gasteiger charge is 1.92. The molecular weight excluding hydrogens is 132 g/mol. The van der Waals surface area contributed by atoms with Gasteiger partial charge in [0, 0.05) is 6.07 Å². The van der Waals surface area contributed by atoms with Gasteiger partial charge in [0.2, 0.25) is 0 Å². The van der Waals surface area contributed by atoms with Crippen molar-refractivity contribution in [2.75, 3.05) is 0 Å². The Morgan fingerprint density at radius 2 is 2.44 bits per heavy atom. The Kier molecular flexibility index (Phi) is 0.960. The first-order valence-corrected chi connectivity index (χ1v) is 3.20. The molecule has 0 fully saturated rings. The van der Waals surface area contributed by atoms with Crippen molar-refractivity contribution in [3.63, 3.8) is 0 Å². The summed E-state index contributed by atoms with van der Waals surface area (Å²) >= 11 is 1.20. The molecule has 1 heterocycles. The van der Waals surface area contributed by atoms with Crippen LogP contribution in [0.2, 0.25) is 0 Å². The van der Waals surface area contributed by atoms with Gasteiger partial charge in [-0.1, -0.05) is 6.07 Å². The van der Waals surface area contributed by atoms with Crippen LogP contribution < -0.4 is 0 Å². The largest absolute Gasteiger partial charge is 0.173 e. The van der Waals surface area contributed by atoms with Crippen molar-refractivity contribution in [2.24, 2.45) is 0 Å². The zero-order valence-corrected chi connectivity index (χ0v) is 5.27. The molecule has 2 radical (unpaired) electrons. The minimum absolute atomic E-state index is 0.808. The van der Waals surface area contributed by atoms with E-state index >= 15 is 0 Å². The Morgan fingerprint density at radius 3 is 3.33 bits per heavy atom. The maximum absolute atomic E-state index is 4.00. The number of hydrogen-bond acceptors (Lipinski definition) is 3. The van der Waals surface area contributed by atoms with Gasteiger partial charge in [-0.2, -0.15) is 8.75 Å². The van der Waals surface area contributed by atoms with Gasteiger partial charge >= 0.3 is 0 Å². The third kappa shape index (κ3) is 0.695. The zero-order chi connectivity index (χ0) is 6.10. The van der Waals surface area contributed by atoms with Crippen molar-refractivity contribution in [1.82, 2.24) is 8.75 Å². The monoisotopic (exact) mass is 134 g/mol. The lowest BCUT2D eigenvalue weighted by molar-refractivity contribution is 1.62. The highest BCUT2D eigenvalue weighted by atomic mass is 32.1. The fourth-order valence-corrected chi connectivity index (χ4v) is 1.12. The summed E-state index contributed by atoms with van der Waals surface area (Å²) in [5.74, 6) is 0. The summed E-state index contributed by atoms with van der Waals surface area (Å²) in [5.41, 5.74) is 1.71. The SMILES string of the molecule is [c]1[c]c2nsnc2cc1. The molecule has 0 aliphatic heterocycles. The van der Waals surface area contributed by atoms with E-state index in [2.05, 4.69) is 20.9 Å². The second-order valence-electron chi connectivity index (χ2n) is 1.60. The number of aromatic nitrogens is 2. The molecule has 42 valence electrons. The van der Waals surface area contributed by atoms with E-state index in [0.29, 0.717) is 0 Å². The van der Waals surface area contributed by atoms with Crippen LogP contribution in [0.3, 0.4) is 0 Å². The molecule has 0 saturated heterocycles. The Bertz CT molecular complexity index is 285. The number of hydrogen-bond donors (Lipinski definition) is 0. The molecule has 0 amide bonds. The smallest absolute Gasteiger partial charge is 0.113 e. The molecule has 3 heteroatoms. The number of fused-ring (bicyclic) bond motifs is 1. The van der Waals surface area contributed by atoms with Gasteiger partial charge in [0.05, 0.1) is 11.7 Å². The fourth-order valence-electron chi connectivity index (χ4n) is 0.622. The van der Waals surface area contributed by atoms with Gasteiger partial charge in [0.15, 0.2) is 0 Å². The molecular formula is C6H2N2S. The highest BCUT2D eigenvalue weighted by Crippen LogP contribution is 2.07. The van der Waals surface area contributed by atoms with Gasteiger partial charge in [-0.05, 0) is 12.1 Å².